The summed E-state index contributed by atoms with van der Waals surface area (Å²) in [4.78, 5) is 31.5. The SMILES string of the molecule is CCn1ncc(C=CC(=O)Nc2ccc(C(C)(C)P(=O)(O)O)cc2)c1-c1ccc(F)cc1. The third-order valence-corrected chi connectivity index (χ3v) is 7.00. The summed E-state index contributed by atoms with van der Waals surface area (Å²) in [5.74, 6) is -0.704. The number of benzene rings is 2. The molecule has 0 aliphatic rings. The molecule has 0 atom stereocenters. The molecule has 32 heavy (non-hydrogen) atoms. The Hall–Kier alpha value is -3.06. The number of rotatable bonds is 7. The molecule has 0 radical (unpaired) electrons. The van der Waals surface area contributed by atoms with Crippen molar-refractivity contribution in [2.75, 3.05) is 5.32 Å². The molecule has 0 saturated carbocycles. The minimum atomic E-state index is -4.34. The van der Waals surface area contributed by atoms with E-state index in [4.69, 9.17) is 0 Å². The van der Waals surface area contributed by atoms with Crippen LogP contribution in [-0.4, -0.2) is 25.5 Å². The Morgan fingerprint density at radius 2 is 1.78 bits per heavy atom. The van der Waals surface area contributed by atoms with E-state index < -0.39 is 12.8 Å². The predicted molar refractivity (Wildman–Crippen MR) is 122 cm³/mol. The second kappa shape index (κ2) is 9.20. The molecule has 2 aromatic carbocycles. The van der Waals surface area contributed by atoms with E-state index >= 15 is 0 Å². The average molecular weight is 457 g/mol. The first-order valence-electron chi connectivity index (χ1n) is 10.00. The second-order valence-electron chi connectivity index (χ2n) is 7.77. The molecular formula is C23H25FN3O4P. The van der Waals surface area contributed by atoms with Crippen LogP contribution in [0.4, 0.5) is 10.1 Å². The molecule has 3 rings (SSSR count). The van der Waals surface area contributed by atoms with Crippen LogP contribution in [0.25, 0.3) is 17.3 Å². The van der Waals surface area contributed by atoms with Gasteiger partial charge in [-0.3, -0.25) is 14.0 Å². The van der Waals surface area contributed by atoms with Gasteiger partial charge in [-0.2, -0.15) is 5.10 Å². The molecule has 0 saturated heterocycles. The number of hydrogen-bond donors (Lipinski definition) is 3. The Morgan fingerprint density at radius 1 is 1.16 bits per heavy atom. The Morgan fingerprint density at radius 3 is 2.34 bits per heavy atom. The van der Waals surface area contributed by atoms with E-state index in [-0.39, 0.29) is 11.7 Å². The summed E-state index contributed by atoms with van der Waals surface area (Å²) in [5, 5.41) is 5.72. The van der Waals surface area contributed by atoms with E-state index in [0.717, 1.165) is 11.3 Å². The van der Waals surface area contributed by atoms with Crippen molar-refractivity contribution in [1.82, 2.24) is 9.78 Å². The fraction of sp³-hybridized carbons (Fsp3) is 0.217. The normalized spacial score (nSPS) is 12.3. The van der Waals surface area contributed by atoms with Crippen LogP contribution in [0.15, 0.2) is 60.8 Å². The van der Waals surface area contributed by atoms with Gasteiger partial charge in [0.25, 0.3) is 0 Å². The van der Waals surface area contributed by atoms with Crippen molar-refractivity contribution in [2.24, 2.45) is 0 Å². The van der Waals surface area contributed by atoms with Crippen molar-refractivity contribution in [1.29, 1.82) is 0 Å². The predicted octanol–water partition coefficient (Wildman–Crippen LogP) is 4.77. The highest BCUT2D eigenvalue weighted by molar-refractivity contribution is 7.53. The van der Waals surface area contributed by atoms with Gasteiger partial charge in [-0.05, 0) is 68.8 Å². The van der Waals surface area contributed by atoms with Gasteiger partial charge < -0.3 is 15.1 Å². The minimum absolute atomic E-state index is 0.331. The molecule has 3 aromatic rings. The number of carbonyl (C=O) groups excluding carboxylic acids is 1. The molecule has 7 nitrogen and oxygen atoms in total. The fourth-order valence-electron chi connectivity index (χ4n) is 3.16. The highest BCUT2D eigenvalue weighted by atomic mass is 31.2. The van der Waals surface area contributed by atoms with Gasteiger partial charge in [-0.25, -0.2) is 4.39 Å². The average Bonchev–Trinajstić information content (AvgIpc) is 3.15. The molecular weight excluding hydrogens is 432 g/mol. The number of amides is 1. The van der Waals surface area contributed by atoms with E-state index in [0.29, 0.717) is 23.4 Å². The maximum absolute atomic E-state index is 13.3. The largest absolute Gasteiger partial charge is 0.335 e. The van der Waals surface area contributed by atoms with E-state index in [9.17, 15) is 23.5 Å². The molecule has 0 unspecified atom stereocenters. The van der Waals surface area contributed by atoms with Crippen LogP contribution < -0.4 is 5.32 Å². The summed E-state index contributed by atoms with van der Waals surface area (Å²) < 4.78 is 26.8. The first-order chi connectivity index (χ1) is 15.0. The number of halogens is 1. The lowest BCUT2D eigenvalue weighted by atomic mass is 10.0. The van der Waals surface area contributed by atoms with Crippen LogP contribution in [0.2, 0.25) is 0 Å². The molecule has 1 amide bonds. The van der Waals surface area contributed by atoms with Crippen LogP contribution >= 0.6 is 7.60 Å². The molecule has 0 aliphatic carbocycles. The lowest BCUT2D eigenvalue weighted by molar-refractivity contribution is -0.111. The van der Waals surface area contributed by atoms with E-state index in [2.05, 4.69) is 10.4 Å². The van der Waals surface area contributed by atoms with Crippen molar-refractivity contribution in [3.8, 4) is 11.3 Å². The molecule has 1 heterocycles. The molecule has 1 aromatic heterocycles. The Bertz CT molecular complexity index is 1180. The second-order valence-corrected chi connectivity index (χ2v) is 9.98. The summed E-state index contributed by atoms with van der Waals surface area (Å²) in [6.45, 7) is 5.50. The van der Waals surface area contributed by atoms with Crippen LogP contribution in [0.5, 0.6) is 0 Å². The molecule has 0 spiro atoms. The topological polar surface area (TPSA) is 104 Å². The zero-order valence-electron chi connectivity index (χ0n) is 18.0. The van der Waals surface area contributed by atoms with Gasteiger partial charge in [0.2, 0.25) is 5.91 Å². The number of aryl methyl sites for hydroxylation is 1. The van der Waals surface area contributed by atoms with Crippen molar-refractivity contribution in [3.63, 3.8) is 0 Å². The summed E-state index contributed by atoms with van der Waals surface area (Å²) in [6.07, 6.45) is 4.65. The fourth-order valence-corrected chi connectivity index (χ4v) is 3.65. The van der Waals surface area contributed by atoms with Gasteiger partial charge in [0.1, 0.15) is 5.82 Å². The van der Waals surface area contributed by atoms with E-state index in [1.807, 2.05) is 6.92 Å². The molecule has 168 valence electrons. The lowest BCUT2D eigenvalue weighted by Crippen LogP contribution is -2.17. The summed E-state index contributed by atoms with van der Waals surface area (Å²) in [6, 6.07) is 12.4. The molecule has 3 N–H and O–H groups in total. The van der Waals surface area contributed by atoms with Crippen molar-refractivity contribution in [3.05, 3.63) is 77.7 Å². The number of nitrogens with zero attached hydrogens (tertiary/aromatic N) is 2. The highest BCUT2D eigenvalue weighted by Gasteiger charge is 2.39. The van der Waals surface area contributed by atoms with Gasteiger partial charge >= 0.3 is 7.60 Å². The van der Waals surface area contributed by atoms with Crippen LogP contribution in [0.1, 0.15) is 31.9 Å². The number of carbonyl (C=O) groups is 1. The van der Waals surface area contributed by atoms with Crippen molar-refractivity contribution in [2.45, 2.75) is 32.5 Å². The molecule has 0 fully saturated rings. The summed E-state index contributed by atoms with van der Waals surface area (Å²) in [5.41, 5.74) is 3.24. The van der Waals surface area contributed by atoms with Crippen LogP contribution in [-0.2, 0) is 21.1 Å². The summed E-state index contributed by atoms with van der Waals surface area (Å²) in [7, 11) is -4.34. The number of nitrogens with one attached hydrogen (secondary N) is 1. The molecule has 0 bridgehead atoms. The zero-order chi connectivity index (χ0) is 23.5. The van der Waals surface area contributed by atoms with E-state index in [1.165, 1.54) is 32.1 Å². The van der Waals surface area contributed by atoms with Crippen molar-refractivity contribution >= 4 is 25.3 Å². The summed E-state index contributed by atoms with van der Waals surface area (Å²) >= 11 is 0. The van der Waals surface area contributed by atoms with Gasteiger partial charge in [0, 0.05) is 29.4 Å². The van der Waals surface area contributed by atoms with Gasteiger partial charge in [-0.15, -0.1) is 0 Å². The number of hydrogen-bond acceptors (Lipinski definition) is 3. The van der Waals surface area contributed by atoms with Gasteiger partial charge in [0.15, 0.2) is 0 Å². The first-order valence-corrected chi connectivity index (χ1v) is 11.6. The highest BCUT2D eigenvalue weighted by Crippen LogP contribution is 2.56. The quantitative estimate of drug-likeness (QED) is 0.350. The maximum atomic E-state index is 13.3. The van der Waals surface area contributed by atoms with Crippen LogP contribution in [0.3, 0.4) is 0 Å². The minimum Gasteiger partial charge on any atom is -0.324 e. The number of aromatic nitrogens is 2. The Labute approximate surface area is 185 Å². The van der Waals surface area contributed by atoms with E-state index in [1.54, 1.807) is 53.4 Å². The Balaban J connectivity index is 1.76. The van der Waals surface area contributed by atoms with Crippen molar-refractivity contribution < 1.29 is 23.5 Å². The third kappa shape index (κ3) is 5.05. The third-order valence-electron chi connectivity index (χ3n) is 5.29. The Kier molecular flexibility index (Phi) is 6.79. The van der Waals surface area contributed by atoms with Gasteiger partial charge in [0.05, 0.1) is 17.0 Å². The molecule has 0 aliphatic heterocycles. The van der Waals surface area contributed by atoms with Crippen LogP contribution in [0, 0.1) is 5.82 Å². The molecule has 9 heteroatoms. The standard InChI is InChI=1S/C23H25FN3O4P/c1-4-27-22(16-5-10-19(24)11-6-16)17(15-25-27)7-14-21(28)26-20-12-8-18(9-13-20)23(2,3)32(29,30)31/h5-15H,4H2,1-3H3,(H,26,28)(H2,29,30,31). The number of anilines is 1. The lowest BCUT2D eigenvalue weighted by Gasteiger charge is -2.26. The maximum Gasteiger partial charge on any atom is 0.335 e. The zero-order valence-corrected chi connectivity index (χ0v) is 18.9. The van der Waals surface area contributed by atoms with Gasteiger partial charge in [-0.1, -0.05) is 12.1 Å². The monoisotopic (exact) mass is 457 g/mol. The first kappa shape index (κ1) is 23.6. The smallest absolute Gasteiger partial charge is 0.324 e.